The zero-order valence-corrected chi connectivity index (χ0v) is 12.1. The standard InChI is InChI=1S/C13H17N3O2S/c1-13(2,14)6-19-12-15-8-4-10-11(18-7-17-10)5-9(8)16(12)3/h4-5H,6-7,14H2,1-3H3. The van der Waals surface area contributed by atoms with Crippen molar-refractivity contribution in [2.75, 3.05) is 12.5 Å². The fourth-order valence-corrected chi connectivity index (χ4v) is 2.90. The summed E-state index contributed by atoms with van der Waals surface area (Å²) < 4.78 is 12.8. The van der Waals surface area contributed by atoms with Crippen molar-refractivity contribution in [2.24, 2.45) is 12.8 Å². The van der Waals surface area contributed by atoms with E-state index >= 15 is 0 Å². The molecule has 102 valence electrons. The Morgan fingerprint density at radius 1 is 1.37 bits per heavy atom. The molecule has 0 saturated heterocycles. The van der Waals surface area contributed by atoms with Crippen LogP contribution in [0.25, 0.3) is 11.0 Å². The van der Waals surface area contributed by atoms with Crippen LogP contribution in [0.5, 0.6) is 11.5 Å². The van der Waals surface area contributed by atoms with Crippen LogP contribution in [0.1, 0.15) is 13.8 Å². The highest BCUT2D eigenvalue weighted by Crippen LogP contribution is 2.37. The molecule has 2 heterocycles. The predicted molar refractivity (Wildman–Crippen MR) is 75.8 cm³/mol. The Balaban J connectivity index is 1.97. The third-order valence-corrected chi connectivity index (χ3v) is 4.42. The second-order valence-corrected chi connectivity index (χ2v) is 6.37. The van der Waals surface area contributed by atoms with E-state index in [2.05, 4.69) is 9.55 Å². The third kappa shape index (κ3) is 2.37. The molecule has 1 aromatic heterocycles. The predicted octanol–water partition coefficient (Wildman–Crippen LogP) is 2.13. The largest absolute Gasteiger partial charge is 0.454 e. The number of ether oxygens (including phenoxy) is 2. The average molecular weight is 279 g/mol. The molecule has 1 aromatic carbocycles. The van der Waals surface area contributed by atoms with Gasteiger partial charge in [0.2, 0.25) is 6.79 Å². The van der Waals surface area contributed by atoms with Crippen LogP contribution in [0.3, 0.4) is 0 Å². The summed E-state index contributed by atoms with van der Waals surface area (Å²) in [5, 5.41) is 0.956. The normalized spacial score (nSPS) is 14.3. The van der Waals surface area contributed by atoms with E-state index in [0.29, 0.717) is 0 Å². The number of imidazole rings is 1. The Morgan fingerprint density at radius 3 is 2.74 bits per heavy atom. The van der Waals surface area contributed by atoms with Crippen LogP contribution in [-0.4, -0.2) is 27.6 Å². The molecule has 1 aliphatic heterocycles. The summed E-state index contributed by atoms with van der Waals surface area (Å²) in [6.07, 6.45) is 0. The molecule has 5 nitrogen and oxygen atoms in total. The summed E-state index contributed by atoms with van der Waals surface area (Å²) in [5.41, 5.74) is 7.76. The first kappa shape index (κ1) is 12.6. The van der Waals surface area contributed by atoms with Crippen LogP contribution >= 0.6 is 11.8 Å². The molecular weight excluding hydrogens is 262 g/mol. The zero-order valence-electron chi connectivity index (χ0n) is 11.3. The first-order valence-corrected chi connectivity index (χ1v) is 7.10. The van der Waals surface area contributed by atoms with Crippen molar-refractivity contribution in [3.05, 3.63) is 12.1 Å². The van der Waals surface area contributed by atoms with Gasteiger partial charge >= 0.3 is 0 Å². The maximum Gasteiger partial charge on any atom is 0.231 e. The number of rotatable bonds is 3. The smallest absolute Gasteiger partial charge is 0.231 e. The fraction of sp³-hybridized carbons (Fsp3) is 0.462. The van der Waals surface area contributed by atoms with Crippen molar-refractivity contribution >= 4 is 22.8 Å². The summed E-state index contributed by atoms with van der Waals surface area (Å²) in [6.45, 7) is 4.31. The molecule has 0 saturated carbocycles. The zero-order chi connectivity index (χ0) is 13.6. The number of benzene rings is 1. The van der Waals surface area contributed by atoms with Crippen LogP contribution in [0.2, 0.25) is 0 Å². The Hall–Kier alpha value is -1.40. The number of thioether (sulfide) groups is 1. The summed E-state index contributed by atoms with van der Waals surface area (Å²) in [5.74, 6) is 2.36. The first-order chi connectivity index (χ1) is 8.94. The molecule has 2 N–H and O–H groups in total. The minimum atomic E-state index is -0.212. The van der Waals surface area contributed by atoms with Gasteiger partial charge in [-0.2, -0.15) is 0 Å². The van der Waals surface area contributed by atoms with Gasteiger partial charge in [0.15, 0.2) is 16.7 Å². The molecular formula is C13H17N3O2S. The molecule has 0 bridgehead atoms. The van der Waals surface area contributed by atoms with Gasteiger partial charge in [0.05, 0.1) is 11.0 Å². The second kappa shape index (κ2) is 4.31. The Bertz CT molecular complexity index is 631. The van der Waals surface area contributed by atoms with Crippen LogP contribution in [0.15, 0.2) is 17.3 Å². The van der Waals surface area contributed by atoms with Crippen molar-refractivity contribution in [3.8, 4) is 11.5 Å². The summed E-state index contributed by atoms with van der Waals surface area (Å²) >= 11 is 1.66. The van der Waals surface area contributed by atoms with Crippen molar-refractivity contribution in [1.29, 1.82) is 0 Å². The minimum absolute atomic E-state index is 0.212. The SMILES string of the molecule is Cn1c(SCC(C)(C)N)nc2cc3c(cc21)OCO3. The molecule has 0 radical (unpaired) electrons. The number of fused-ring (bicyclic) bond motifs is 2. The van der Waals surface area contributed by atoms with Crippen LogP contribution in [0, 0.1) is 0 Å². The van der Waals surface area contributed by atoms with Gasteiger partial charge in [0, 0.05) is 30.5 Å². The quantitative estimate of drug-likeness (QED) is 0.872. The lowest BCUT2D eigenvalue weighted by Crippen LogP contribution is -2.34. The number of aryl methyl sites for hydroxylation is 1. The minimum Gasteiger partial charge on any atom is -0.454 e. The molecule has 0 unspecified atom stereocenters. The van der Waals surface area contributed by atoms with Crippen LogP contribution in [-0.2, 0) is 7.05 Å². The number of aromatic nitrogens is 2. The van der Waals surface area contributed by atoms with E-state index in [-0.39, 0.29) is 12.3 Å². The molecule has 0 atom stereocenters. The Labute approximate surface area is 116 Å². The monoisotopic (exact) mass is 279 g/mol. The molecule has 0 spiro atoms. The highest BCUT2D eigenvalue weighted by Gasteiger charge is 2.19. The van der Waals surface area contributed by atoms with Crippen molar-refractivity contribution in [1.82, 2.24) is 9.55 Å². The van der Waals surface area contributed by atoms with E-state index in [4.69, 9.17) is 15.2 Å². The molecule has 0 amide bonds. The number of nitrogens with two attached hydrogens (primary N) is 1. The lowest BCUT2D eigenvalue weighted by Gasteiger charge is -2.16. The Morgan fingerprint density at radius 2 is 2.05 bits per heavy atom. The van der Waals surface area contributed by atoms with Crippen molar-refractivity contribution in [2.45, 2.75) is 24.5 Å². The van der Waals surface area contributed by atoms with Gasteiger partial charge in [0.1, 0.15) is 0 Å². The van der Waals surface area contributed by atoms with E-state index in [1.807, 2.05) is 33.0 Å². The molecule has 6 heteroatoms. The molecule has 0 fully saturated rings. The highest BCUT2D eigenvalue weighted by atomic mass is 32.2. The van der Waals surface area contributed by atoms with Gasteiger partial charge in [-0.15, -0.1) is 0 Å². The summed E-state index contributed by atoms with van der Waals surface area (Å²) in [4.78, 5) is 4.63. The maximum absolute atomic E-state index is 6.01. The molecule has 0 aliphatic carbocycles. The molecule has 2 aromatic rings. The second-order valence-electron chi connectivity index (χ2n) is 5.42. The van der Waals surface area contributed by atoms with E-state index in [1.165, 1.54) is 0 Å². The van der Waals surface area contributed by atoms with Gasteiger partial charge in [0.25, 0.3) is 0 Å². The molecule has 1 aliphatic rings. The topological polar surface area (TPSA) is 62.3 Å². The van der Waals surface area contributed by atoms with E-state index in [9.17, 15) is 0 Å². The molecule has 3 rings (SSSR count). The van der Waals surface area contributed by atoms with Crippen LogP contribution < -0.4 is 15.2 Å². The first-order valence-electron chi connectivity index (χ1n) is 6.12. The third-order valence-electron chi connectivity index (χ3n) is 2.91. The van der Waals surface area contributed by atoms with Crippen molar-refractivity contribution in [3.63, 3.8) is 0 Å². The summed E-state index contributed by atoms with van der Waals surface area (Å²) in [7, 11) is 2.00. The van der Waals surface area contributed by atoms with Gasteiger partial charge in [-0.1, -0.05) is 11.8 Å². The van der Waals surface area contributed by atoms with E-state index in [0.717, 1.165) is 33.4 Å². The lowest BCUT2D eigenvalue weighted by atomic mass is 10.1. The van der Waals surface area contributed by atoms with Crippen molar-refractivity contribution < 1.29 is 9.47 Å². The fourth-order valence-electron chi connectivity index (χ4n) is 1.94. The lowest BCUT2D eigenvalue weighted by molar-refractivity contribution is 0.174. The van der Waals surface area contributed by atoms with Gasteiger partial charge in [-0.3, -0.25) is 0 Å². The van der Waals surface area contributed by atoms with E-state index < -0.39 is 0 Å². The van der Waals surface area contributed by atoms with E-state index in [1.54, 1.807) is 11.8 Å². The maximum atomic E-state index is 6.01. The molecule has 19 heavy (non-hydrogen) atoms. The Kier molecular flexibility index (Phi) is 2.87. The number of hydrogen-bond donors (Lipinski definition) is 1. The highest BCUT2D eigenvalue weighted by molar-refractivity contribution is 7.99. The van der Waals surface area contributed by atoms with Gasteiger partial charge < -0.3 is 19.8 Å². The summed E-state index contributed by atoms with van der Waals surface area (Å²) in [6, 6.07) is 3.90. The number of hydrogen-bond acceptors (Lipinski definition) is 5. The van der Waals surface area contributed by atoms with Gasteiger partial charge in [-0.25, -0.2) is 4.98 Å². The van der Waals surface area contributed by atoms with Gasteiger partial charge in [-0.05, 0) is 13.8 Å². The van der Waals surface area contributed by atoms with Crippen LogP contribution in [0.4, 0.5) is 0 Å². The average Bonchev–Trinajstić information content (AvgIpc) is 2.88. The number of nitrogens with zero attached hydrogens (tertiary/aromatic N) is 2.